The lowest BCUT2D eigenvalue weighted by Gasteiger charge is -2.28. The van der Waals surface area contributed by atoms with E-state index in [9.17, 15) is 13.2 Å². The standard InChI is InChI=1S/C21H20F3N/c1-13-9-14(2)11-16(10-13)19-18-6-5-17(12-15(18)7-8-25-19)20(3,4)21(22,23)24/h5-12H,1-4H3. The van der Waals surface area contributed by atoms with Crippen molar-refractivity contribution in [2.75, 3.05) is 0 Å². The van der Waals surface area contributed by atoms with Gasteiger partial charge in [0.2, 0.25) is 0 Å². The van der Waals surface area contributed by atoms with Crippen molar-refractivity contribution in [2.24, 2.45) is 0 Å². The number of hydrogen-bond acceptors (Lipinski definition) is 1. The third kappa shape index (κ3) is 3.13. The van der Waals surface area contributed by atoms with Gasteiger partial charge in [0.05, 0.1) is 11.1 Å². The zero-order valence-electron chi connectivity index (χ0n) is 14.7. The van der Waals surface area contributed by atoms with Crippen LogP contribution >= 0.6 is 0 Å². The highest BCUT2D eigenvalue weighted by Crippen LogP contribution is 2.41. The van der Waals surface area contributed by atoms with Gasteiger partial charge in [-0.2, -0.15) is 13.2 Å². The molecule has 4 heteroatoms. The van der Waals surface area contributed by atoms with Crippen LogP contribution in [-0.4, -0.2) is 11.2 Å². The normalized spacial score (nSPS) is 12.6. The van der Waals surface area contributed by atoms with Crippen LogP contribution in [0.1, 0.15) is 30.5 Å². The van der Waals surface area contributed by atoms with E-state index in [0.717, 1.165) is 33.2 Å². The number of aromatic nitrogens is 1. The molecule has 0 aliphatic carbocycles. The number of rotatable bonds is 2. The van der Waals surface area contributed by atoms with Crippen LogP contribution in [0.4, 0.5) is 13.2 Å². The molecule has 3 aromatic rings. The maximum absolute atomic E-state index is 13.3. The van der Waals surface area contributed by atoms with Crippen LogP contribution in [0.2, 0.25) is 0 Å². The van der Waals surface area contributed by atoms with Gasteiger partial charge in [0.25, 0.3) is 0 Å². The second kappa shape index (κ2) is 5.87. The average molecular weight is 343 g/mol. The minimum atomic E-state index is -4.30. The molecule has 3 rings (SSSR count). The molecule has 25 heavy (non-hydrogen) atoms. The van der Waals surface area contributed by atoms with E-state index < -0.39 is 11.6 Å². The Hall–Kier alpha value is -2.36. The maximum Gasteiger partial charge on any atom is 0.397 e. The van der Waals surface area contributed by atoms with Crippen LogP contribution in [0.3, 0.4) is 0 Å². The Kier molecular flexibility index (Phi) is 4.10. The van der Waals surface area contributed by atoms with Gasteiger partial charge in [-0.3, -0.25) is 4.98 Å². The van der Waals surface area contributed by atoms with E-state index in [1.54, 1.807) is 30.5 Å². The topological polar surface area (TPSA) is 12.9 Å². The number of halogens is 3. The molecule has 0 atom stereocenters. The Morgan fingerprint density at radius 3 is 2.08 bits per heavy atom. The fraction of sp³-hybridized carbons (Fsp3) is 0.286. The summed E-state index contributed by atoms with van der Waals surface area (Å²) < 4.78 is 40.0. The highest BCUT2D eigenvalue weighted by Gasteiger charge is 2.48. The van der Waals surface area contributed by atoms with Gasteiger partial charge in [-0.05, 0) is 56.8 Å². The molecule has 0 aliphatic heterocycles. The van der Waals surface area contributed by atoms with Crippen molar-refractivity contribution >= 4 is 10.8 Å². The lowest BCUT2D eigenvalue weighted by molar-refractivity contribution is -0.180. The highest BCUT2D eigenvalue weighted by molar-refractivity contribution is 5.95. The van der Waals surface area contributed by atoms with Crippen molar-refractivity contribution in [1.29, 1.82) is 0 Å². The summed E-state index contributed by atoms with van der Waals surface area (Å²) in [6.07, 6.45) is -2.65. The van der Waals surface area contributed by atoms with E-state index in [0.29, 0.717) is 0 Å². The quantitative estimate of drug-likeness (QED) is 0.528. The molecule has 0 spiro atoms. The molecule has 0 saturated heterocycles. The van der Waals surface area contributed by atoms with Gasteiger partial charge in [0.15, 0.2) is 0 Å². The molecule has 0 bridgehead atoms. The van der Waals surface area contributed by atoms with Gasteiger partial charge in [0, 0.05) is 17.1 Å². The van der Waals surface area contributed by atoms with Crippen LogP contribution in [0.25, 0.3) is 22.0 Å². The van der Waals surface area contributed by atoms with Crippen LogP contribution < -0.4 is 0 Å². The summed E-state index contributed by atoms with van der Waals surface area (Å²) in [6, 6.07) is 12.9. The molecule has 1 nitrogen and oxygen atoms in total. The zero-order valence-corrected chi connectivity index (χ0v) is 14.7. The molecular weight excluding hydrogens is 323 g/mol. The molecule has 2 aromatic carbocycles. The first-order valence-corrected chi connectivity index (χ1v) is 8.14. The van der Waals surface area contributed by atoms with E-state index >= 15 is 0 Å². The van der Waals surface area contributed by atoms with Crippen LogP contribution in [-0.2, 0) is 5.41 Å². The fourth-order valence-corrected chi connectivity index (χ4v) is 3.07. The minimum Gasteiger partial charge on any atom is -0.256 e. The van der Waals surface area contributed by atoms with Crippen LogP contribution in [0, 0.1) is 13.8 Å². The zero-order chi connectivity index (χ0) is 18.4. The summed E-state index contributed by atoms with van der Waals surface area (Å²) in [5, 5.41) is 1.62. The van der Waals surface area contributed by atoms with E-state index in [-0.39, 0.29) is 5.56 Å². The third-order valence-corrected chi connectivity index (χ3v) is 4.69. The number of benzene rings is 2. The Labute approximate surface area is 145 Å². The molecule has 0 amide bonds. The first kappa shape index (κ1) is 17.5. The SMILES string of the molecule is Cc1cc(C)cc(-c2nccc3cc(C(C)(C)C(F)(F)F)ccc23)c1. The Morgan fingerprint density at radius 1 is 0.840 bits per heavy atom. The molecule has 0 unspecified atom stereocenters. The molecule has 0 fully saturated rings. The molecule has 0 saturated carbocycles. The Morgan fingerprint density at radius 2 is 1.48 bits per heavy atom. The van der Waals surface area contributed by atoms with Crippen LogP contribution in [0.15, 0.2) is 48.7 Å². The van der Waals surface area contributed by atoms with Gasteiger partial charge in [-0.1, -0.05) is 35.4 Å². The smallest absolute Gasteiger partial charge is 0.256 e. The van der Waals surface area contributed by atoms with Crippen molar-refractivity contribution in [3.05, 3.63) is 65.4 Å². The van der Waals surface area contributed by atoms with E-state index in [4.69, 9.17) is 0 Å². The number of hydrogen-bond donors (Lipinski definition) is 0. The molecule has 0 N–H and O–H groups in total. The molecule has 0 aliphatic rings. The van der Waals surface area contributed by atoms with E-state index in [1.807, 2.05) is 26.0 Å². The average Bonchev–Trinajstić information content (AvgIpc) is 2.51. The second-order valence-electron chi connectivity index (χ2n) is 7.09. The van der Waals surface area contributed by atoms with E-state index in [1.165, 1.54) is 13.8 Å². The summed E-state index contributed by atoms with van der Waals surface area (Å²) in [4.78, 5) is 4.48. The number of aryl methyl sites for hydroxylation is 2. The largest absolute Gasteiger partial charge is 0.397 e. The number of fused-ring (bicyclic) bond motifs is 1. The first-order valence-electron chi connectivity index (χ1n) is 8.14. The van der Waals surface area contributed by atoms with Crippen LogP contribution in [0.5, 0.6) is 0 Å². The first-order chi connectivity index (χ1) is 11.6. The number of alkyl halides is 3. The minimum absolute atomic E-state index is 0.255. The highest BCUT2D eigenvalue weighted by atomic mass is 19.4. The van der Waals surface area contributed by atoms with E-state index in [2.05, 4.69) is 11.1 Å². The predicted molar refractivity (Wildman–Crippen MR) is 95.7 cm³/mol. The van der Waals surface area contributed by atoms with Crippen molar-refractivity contribution in [1.82, 2.24) is 4.98 Å². The summed E-state index contributed by atoms with van der Waals surface area (Å²) in [5.41, 5.74) is 2.38. The number of pyridine rings is 1. The molecular formula is C21H20F3N. The lowest BCUT2D eigenvalue weighted by atomic mass is 9.83. The Balaban J connectivity index is 2.19. The van der Waals surface area contributed by atoms with Crippen molar-refractivity contribution < 1.29 is 13.2 Å². The molecule has 1 heterocycles. The van der Waals surface area contributed by atoms with Gasteiger partial charge in [-0.25, -0.2) is 0 Å². The summed E-state index contributed by atoms with van der Waals surface area (Å²) >= 11 is 0. The third-order valence-electron chi connectivity index (χ3n) is 4.69. The Bertz CT molecular complexity index is 919. The molecule has 1 aromatic heterocycles. The monoisotopic (exact) mass is 343 g/mol. The molecule has 0 radical (unpaired) electrons. The van der Waals surface area contributed by atoms with Crippen molar-refractivity contribution in [3.8, 4) is 11.3 Å². The summed E-state index contributed by atoms with van der Waals surface area (Å²) in [7, 11) is 0. The predicted octanol–water partition coefficient (Wildman–Crippen LogP) is 6.36. The van der Waals surface area contributed by atoms with Crippen molar-refractivity contribution in [2.45, 2.75) is 39.3 Å². The van der Waals surface area contributed by atoms with Crippen molar-refractivity contribution in [3.63, 3.8) is 0 Å². The van der Waals surface area contributed by atoms with Gasteiger partial charge in [-0.15, -0.1) is 0 Å². The number of nitrogens with zero attached hydrogens (tertiary/aromatic N) is 1. The fourth-order valence-electron chi connectivity index (χ4n) is 3.07. The van der Waals surface area contributed by atoms with Gasteiger partial charge >= 0.3 is 6.18 Å². The lowest BCUT2D eigenvalue weighted by Crippen LogP contribution is -2.36. The van der Waals surface area contributed by atoms with Gasteiger partial charge in [0.1, 0.15) is 0 Å². The summed E-state index contributed by atoms with van der Waals surface area (Å²) in [6.45, 7) is 6.46. The van der Waals surface area contributed by atoms with Gasteiger partial charge < -0.3 is 0 Å². The second-order valence-corrected chi connectivity index (χ2v) is 7.09. The summed E-state index contributed by atoms with van der Waals surface area (Å²) in [5.74, 6) is 0. The maximum atomic E-state index is 13.3. The molecule has 130 valence electrons.